The van der Waals surface area contributed by atoms with Gasteiger partial charge < -0.3 is 4.74 Å². The molecule has 1 rings (SSSR count). The summed E-state index contributed by atoms with van der Waals surface area (Å²) in [5, 5.41) is -0.907. The third-order valence-electron chi connectivity index (χ3n) is 2.35. The highest BCUT2D eigenvalue weighted by Gasteiger charge is 2.27. The third-order valence-corrected chi connectivity index (χ3v) is 4.96. The molecule has 20 heavy (non-hydrogen) atoms. The van der Waals surface area contributed by atoms with E-state index < -0.39 is 38.3 Å². The van der Waals surface area contributed by atoms with Gasteiger partial charge in [-0.3, -0.25) is 4.79 Å². The molecule has 0 fully saturated rings. The smallest absolute Gasteiger partial charge is 0.321 e. The van der Waals surface area contributed by atoms with E-state index in [9.17, 15) is 17.6 Å². The second kappa shape index (κ2) is 6.71. The SMILES string of the molecule is CCOC(=O)CN(C)S(=O)(=O)c1ccc(Cl)c(F)c1Cl. The van der Waals surface area contributed by atoms with Crippen LogP contribution >= 0.6 is 23.2 Å². The highest BCUT2D eigenvalue weighted by Crippen LogP contribution is 2.30. The molecule has 0 amide bonds. The first-order valence-electron chi connectivity index (χ1n) is 5.47. The minimum Gasteiger partial charge on any atom is -0.465 e. The zero-order valence-electron chi connectivity index (χ0n) is 10.7. The summed E-state index contributed by atoms with van der Waals surface area (Å²) in [6, 6.07) is 2.15. The van der Waals surface area contributed by atoms with Gasteiger partial charge in [0.1, 0.15) is 11.4 Å². The van der Waals surface area contributed by atoms with Gasteiger partial charge in [-0.1, -0.05) is 23.2 Å². The van der Waals surface area contributed by atoms with Crippen LogP contribution in [0.15, 0.2) is 17.0 Å². The first-order valence-corrected chi connectivity index (χ1v) is 7.66. The maximum absolute atomic E-state index is 13.5. The fraction of sp³-hybridized carbons (Fsp3) is 0.364. The van der Waals surface area contributed by atoms with E-state index >= 15 is 0 Å². The summed E-state index contributed by atoms with van der Waals surface area (Å²) in [7, 11) is -2.96. The van der Waals surface area contributed by atoms with Gasteiger partial charge >= 0.3 is 5.97 Å². The van der Waals surface area contributed by atoms with Gasteiger partial charge in [0.15, 0.2) is 5.82 Å². The number of hydrogen-bond acceptors (Lipinski definition) is 4. The molecule has 0 atom stereocenters. The Balaban J connectivity index is 3.11. The van der Waals surface area contributed by atoms with E-state index in [2.05, 4.69) is 4.74 Å². The molecule has 0 aliphatic carbocycles. The number of ether oxygens (including phenoxy) is 1. The quantitative estimate of drug-likeness (QED) is 0.607. The van der Waals surface area contributed by atoms with Crippen LogP contribution in [0, 0.1) is 5.82 Å². The number of likely N-dealkylation sites (N-methyl/N-ethyl adjacent to an activating group) is 1. The molecule has 5 nitrogen and oxygen atoms in total. The van der Waals surface area contributed by atoms with Crippen LogP contribution in [-0.2, 0) is 19.6 Å². The van der Waals surface area contributed by atoms with Crippen molar-refractivity contribution in [1.29, 1.82) is 0 Å². The Hall–Kier alpha value is -0.890. The fourth-order valence-electron chi connectivity index (χ4n) is 1.35. The minimum atomic E-state index is -4.12. The Morgan fingerprint density at radius 1 is 1.40 bits per heavy atom. The molecule has 0 unspecified atom stereocenters. The lowest BCUT2D eigenvalue weighted by Gasteiger charge is -2.17. The van der Waals surface area contributed by atoms with E-state index in [1.165, 1.54) is 0 Å². The number of hydrogen-bond donors (Lipinski definition) is 0. The Morgan fingerprint density at radius 3 is 2.55 bits per heavy atom. The van der Waals surface area contributed by atoms with Crippen molar-refractivity contribution in [3.63, 3.8) is 0 Å². The molecule has 0 radical (unpaired) electrons. The van der Waals surface area contributed by atoms with Gasteiger partial charge in [-0.25, -0.2) is 12.8 Å². The third kappa shape index (κ3) is 3.60. The van der Waals surface area contributed by atoms with E-state index in [4.69, 9.17) is 23.2 Å². The largest absolute Gasteiger partial charge is 0.465 e. The topological polar surface area (TPSA) is 63.7 Å². The zero-order chi connectivity index (χ0) is 15.5. The van der Waals surface area contributed by atoms with E-state index in [1.807, 2.05) is 0 Å². The van der Waals surface area contributed by atoms with E-state index in [0.29, 0.717) is 0 Å². The van der Waals surface area contributed by atoms with Gasteiger partial charge in [-0.2, -0.15) is 4.31 Å². The van der Waals surface area contributed by atoms with Crippen molar-refractivity contribution in [1.82, 2.24) is 4.31 Å². The summed E-state index contributed by atoms with van der Waals surface area (Å²) in [6.45, 7) is 1.22. The molecule has 1 aromatic carbocycles. The number of nitrogens with zero attached hydrogens (tertiary/aromatic N) is 1. The molecule has 0 aromatic heterocycles. The van der Waals surface area contributed by atoms with Gasteiger partial charge in [0, 0.05) is 7.05 Å². The van der Waals surface area contributed by atoms with Crippen LogP contribution in [0.2, 0.25) is 10.0 Å². The van der Waals surface area contributed by atoms with Gasteiger partial charge in [0.05, 0.1) is 16.7 Å². The highest BCUT2D eigenvalue weighted by molar-refractivity contribution is 7.89. The Bertz CT molecular complexity index is 621. The fourth-order valence-corrected chi connectivity index (χ4v) is 3.18. The summed E-state index contributed by atoms with van der Waals surface area (Å²) in [4.78, 5) is 10.8. The average Bonchev–Trinajstić information content (AvgIpc) is 2.35. The monoisotopic (exact) mass is 343 g/mol. The predicted octanol–water partition coefficient (Wildman–Crippen LogP) is 2.32. The predicted molar refractivity (Wildman–Crippen MR) is 72.9 cm³/mol. The molecule has 112 valence electrons. The van der Waals surface area contributed by atoms with Crippen molar-refractivity contribution in [3.05, 3.63) is 28.0 Å². The van der Waals surface area contributed by atoms with Crippen molar-refractivity contribution < 1.29 is 22.3 Å². The number of carbonyl (C=O) groups excluding carboxylic acids is 1. The zero-order valence-corrected chi connectivity index (χ0v) is 13.0. The van der Waals surface area contributed by atoms with Gasteiger partial charge in [-0.05, 0) is 19.1 Å². The Morgan fingerprint density at radius 2 is 2.00 bits per heavy atom. The van der Waals surface area contributed by atoms with Crippen molar-refractivity contribution in [2.75, 3.05) is 20.2 Å². The lowest BCUT2D eigenvalue weighted by molar-refractivity contribution is -0.143. The van der Waals surface area contributed by atoms with Crippen LogP contribution in [0.4, 0.5) is 4.39 Å². The first-order chi connectivity index (χ1) is 9.21. The van der Waals surface area contributed by atoms with Crippen LogP contribution in [0.25, 0.3) is 0 Å². The van der Waals surface area contributed by atoms with Crippen molar-refractivity contribution >= 4 is 39.2 Å². The molecular weight excluding hydrogens is 332 g/mol. The minimum absolute atomic E-state index is 0.128. The van der Waals surface area contributed by atoms with Crippen LogP contribution in [-0.4, -0.2) is 38.9 Å². The number of sulfonamides is 1. The lowest BCUT2D eigenvalue weighted by atomic mass is 10.3. The normalized spacial score (nSPS) is 11.7. The second-order valence-corrected chi connectivity index (χ2v) is 6.54. The van der Waals surface area contributed by atoms with Crippen molar-refractivity contribution in [2.24, 2.45) is 0 Å². The number of rotatable bonds is 5. The summed E-state index contributed by atoms with van der Waals surface area (Å²) >= 11 is 11.1. The molecular formula is C11H12Cl2FNO4S. The first kappa shape index (κ1) is 17.2. The number of halogens is 3. The molecule has 0 spiro atoms. The molecule has 0 aliphatic rings. The average molecular weight is 344 g/mol. The van der Waals surface area contributed by atoms with Crippen LogP contribution in [0.1, 0.15) is 6.92 Å². The molecule has 0 bridgehead atoms. The standard InChI is InChI=1S/C11H12Cl2FNO4S/c1-3-19-9(16)6-15(2)20(17,18)8-5-4-7(12)11(14)10(8)13/h4-5H,3,6H2,1-2H3. The molecule has 0 heterocycles. The summed E-state index contributed by atoms with van der Waals surface area (Å²) in [5.41, 5.74) is 0. The second-order valence-electron chi connectivity index (χ2n) is 3.74. The molecule has 0 saturated carbocycles. The lowest BCUT2D eigenvalue weighted by Crippen LogP contribution is -2.33. The maximum atomic E-state index is 13.5. The summed E-state index contributed by atoms with van der Waals surface area (Å²) in [6.07, 6.45) is 0. The van der Waals surface area contributed by atoms with Gasteiger partial charge in [0.25, 0.3) is 0 Å². The summed E-state index contributed by atoms with van der Waals surface area (Å²) < 4.78 is 43.3. The van der Waals surface area contributed by atoms with Crippen LogP contribution in [0.5, 0.6) is 0 Å². The Labute approximate surface area is 126 Å². The number of carbonyl (C=O) groups is 1. The van der Waals surface area contributed by atoms with Crippen molar-refractivity contribution in [3.8, 4) is 0 Å². The van der Waals surface area contributed by atoms with Crippen LogP contribution < -0.4 is 0 Å². The van der Waals surface area contributed by atoms with Gasteiger partial charge in [-0.15, -0.1) is 0 Å². The van der Waals surface area contributed by atoms with Crippen molar-refractivity contribution in [2.45, 2.75) is 11.8 Å². The molecule has 1 aromatic rings. The number of esters is 1. The molecule has 0 aliphatic heterocycles. The maximum Gasteiger partial charge on any atom is 0.321 e. The van der Waals surface area contributed by atoms with Crippen LogP contribution in [0.3, 0.4) is 0 Å². The van der Waals surface area contributed by atoms with E-state index in [1.54, 1.807) is 6.92 Å². The molecule has 0 N–H and O–H groups in total. The number of benzene rings is 1. The molecule has 9 heteroatoms. The summed E-state index contributed by atoms with van der Waals surface area (Å²) in [5.74, 6) is -1.75. The Kier molecular flexibility index (Phi) is 5.76. The highest BCUT2D eigenvalue weighted by atomic mass is 35.5. The van der Waals surface area contributed by atoms with E-state index in [-0.39, 0.29) is 11.6 Å². The van der Waals surface area contributed by atoms with Gasteiger partial charge in [0.2, 0.25) is 10.0 Å². The molecule has 0 saturated heterocycles. The van der Waals surface area contributed by atoms with E-state index in [0.717, 1.165) is 23.5 Å².